The van der Waals surface area contributed by atoms with Gasteiger partial charge in [-0.05, 0) is 18.9 Å². The number of rotatable bonds is 4. The van der Waals surface area contributed by atoms with E-state index in [1.165, 1.54) is 12.7 Å². The third kappa shape index (κ3) is 3.57. The van der Waals surface area contributed by atoms with Gasteiger partial charge in [0.1, 0.15) is 0 Å². The number of aryl methyl sites for hydroxylation is 1. The predicted octanol–water partition coefficient (Wildman–Crippen LogP) is 1.97. The van der Waals surface area contributed by atoms with Crippen LogP contribution < -0.4 is 0 Å². The summed E-state index contributed by atoms with van der Waals surface area (Å²) in [5.41, 5.74) is 1.22. The molecule has 0 aliphatic rings. The molecular formula is C11H16O2. The average Bonchev–Trinajstić information content (AvgIpc) is 2.17. The highest BCUT2D eigenvalue weighted by atomic mass is 16.6. The number of benzene rings is 1. The van der Waals surface area contributed by atoms with Crippen molar-refractivity contribution < 1.29 is 9.84 Å². The van der Waals surface area contributed by atoms with Gasteiger partial charge in [0.2, 0.25) is 0 Å². The third-order valence-corrected chi connectivity index (χ3v) is 2.16. The van der Waals surface area contributed by atoms with Crippen molar-refractivity contribution in [1.29, 1.82) is 0 Å². The van der Waals surface area contributed by atoms with Crippen LogP contribution in [0.15, 0.2) is 30.3 Å². The van der Waals surface area contributed by atoms with Crippen molar-refractivity contribution in [3.05, 3.63) is 35.9 Å². The lowest BCUT2D eigenvalue weighted by Crippen LogP contribution is -2.26. The molecule has 0 fully saturated rings. The smallest absolute Gasteiger partial charge is 0.162 e. The summed E-state index contributed by atoms with van der Waals surface area (Å²) in [4.78, 5) is 0. The lowest BCUT2D eigenvalue weighted by atomic mass is 10.1. The average molecular weight is 180 g/mol. The Morgan fingerprint density at radius 1 is 1.31 bits per heavy atom. The summed E-state index contributed by atoms with van der Waals surface area (Å²) in [7, 11) is 1.52. The highest BCUT2D eigenvalue weighted by molar-refractivity contribution is 5.14. The van der Waals surface area contributed by atoms with Crippen LogP contribution in [0.25, 0.3) is 0 Å². The van der Waals surface area contributed by atoms with E-state index in [4.69, 9.17) is 4.74 Å². The molecule has 72 valence electrons. The Kier molecular flexibility index (Phi) is 3.46. The Labute approximate surface area is 79.2 Å². The molecule has 0 heterocycles. The summed E-state index contributed by atoms with van der Waals surface area (Å²) in [6, 6.07) is 10.1. The number of hydrogen-bond donors (Lipinski definition) is 1. The zero-order chi connectivity index (χ0) is 9.73. The molecule has 0 aliphatic carbocycles. The van der Waals surface area contributed by atoms with E-state index in [0.29, 0.717) is 6.42 Å². The summed E-state index contributed by atoms with van der Waals surface area (Å²) >= 11 is 0. The second-order valence-corrected chi connectivity index (χ2v) is 3.36. The Bertz CT molecular complexity index is 242. The molecule has 13 heavy (non-hydrogen) atoms. The Balaban J connectivity index is 2.44. The Hall–Kier alpha value is -0.860. The van der Waals surface area contributed by atoms with E-state index in [1.54, 1.807) is 6.92 Å². The lowest BCUT2D eigenvalue weighted by molar-refractivity contribution is -0.174. The van der Waals surface area contributed by atoms with E-state index in [0.717, 1.165) is 6.42 Å². The highest BCUT2D eigenvalue weighted by Gasteiger charge is 2.17. The molecule has 2 heteroatoms. The fourth-order valence-electron chi connectivity index (χ4n) is 1.12. The summed E-state index contributed by atoms with van der Waals surface area (Å²) in [5, 5.41) is 9.56. The van der Waals surface area contributed by atoms with Crippen LogP contribution >= 0.6 is 0 Å². The molecular weight excluding hydrogens is 164 g/mol. The van der Waals surface area contributed by atoms with Gasteiger partial charge in [0, 0.05) is 13.5 Å². The first-order valence-electron chi connectivity index (χ1n) is 4.45. The van der Waals surface area contributed by atoms with Crippen LogP contribution in [0.2, 0.25) is 0 Å². The number of hydrogen-bond acceptors (Lipinski definition) is 2. The van der Waals surface area contributed by atoms with E-state index in [-0.39, 0.29) is 0 Å². The predicted molar refractivity (Wildman–Crippen MR) is 52.4 cm³/mol. The van der Waals surface area contributed by atoms with Crippen LogP contribution in [0.3, 0.4) is 0 Å². The minimum absolute atomic E-state index is 0.619. The van der Waals surface area contributed by atoms with Gasteiger partial charge in [0.05, 0.1) is 0 Å². The maximum Gasteiger partial charge on any atom is 0.162 e. The largest absolute Gasteiger partial charge is 0.366 e. The van der Waals surface area contributed by atoms with Gasteiger partial charge < -0.3 is 9.84 Å². The zero-order valence-corrected chi connectivity index (χ0v) is 8.16. The summed E-state index contributed by atoms with van der Waals surface area (Å²) < 4.78 is 4.91. The quantitative estimate of drug-likeness (QED) is 0.718. The Morgan fingerprint density at radius 2 is 1.92 bits per heavy atom. The third-order valence-electron chi connectivity index (χ3n) is 2.16. The van der Waals surface area contributed by atoms with Crippen molar-refractivity contribution in [2.75, 3.05) is 7.11 Å². The minimum atomic E-state index is -1.00. The fraction of sp³-hybridized carbons (Fsp3) is 0.455. The van der Waals surface area contributed by atoms with Gasteiger partial charge in [0.25, 0.3) is 0 Å². The molecule has 2 nitrogen and oxygen atoms in total. The molecule has 1 atom stereocenters. The molecule has 1 N–H and O–H groups in total. The van der Waals surface area contributed by atoms with E-state index in [1.807, 2.05) is 30.3 Å². The van der Waals surface area contributed by atoms with Crippen LogP contribution in [0.1, 0.15) is 18.9 Å². The second-order valence-electron chi connectivity index (χ2n) is 3.36. The molecule has 1 aromatic carbocycles. The van der Waals surface area contributed by atoms with Crippen molar-refractivity contribution in [2.24, 2.45) is 0 Å². The van der Waals surface area contributed by atoms with Gasteiger partial charge in [0.15, 0.2) is 5.79 Å². The van der Waals surface area contributed by atoms with Crippen LogP contribution in [0.5, 0.6) is 0 Å². The number of aliphatic hydroxyl groups is 1. The monoisotopic (exact) mass is 180 g/mol. The van der Waals surface area contributed by atoms with Gasteiger partial charge in [-0.25, -0.2) is 0 Å². The number of ether oxygens (including phenoxy) is 1. The summed E-state index contributed by atoms with van der Waals surface area (Å²) in [5.74, 6) is -1.00. The van der Waals surface area contributed by atoms with E-state index >= 15 is 0 Å². The van der Waals surface area contributed by atoms with Gasteiger partial charge in [-0.15, -0.1) is 0 Å². The van der Waals surface area contributed by atoms with Gasteiger partial charge in [-0.1, -0.05) is 30.3 Å². The molecule has 1 unspecified atom stereocenters. The molecule has 0 spiro atoms. The van der Waals surface area contributed by atoms with Crippen molar-refractivity contribution in [3.8, 4) is 0 Å². The van der Waals surface area contributed by atoms with Crippen LogP contribution in [-0.2, 0) is 11.2 Å². The Morgan fingerprint density at radius 3 is 2.46 bits per heavy atom. The molecule has 0 radical (unpaired) electrons. The molecule has 1 rings (SSSR count). The molecule has 1 aromatic rings. The zero-order valence-electron chi connectivity index (χ0n) is 8.16. The fourth-order valence-corrected chi connectivity index (χ4v) is 1.12. The second kappa shape index (κ2) is 4.40. The molecule has 0 saturated heterocycles. The molecule has 0 aliphatic heterocycles. The molecule has 0 bridgehead atoms. The molecule has 0 saturated carbocycles. The van der Waals surface area contributed by atoms with Crippen LogP contribution in [0.4, 0.5) is 0 Å². The van der Waals surface area contributed by atoms with Gasteiger partial charge >= 0.3 is 0 Å². The lowest BCUT2D eigenvalue weighted by Gasteiger charge is -2.20. The molecule has 0 aromatic heterocycles. The van der Waals surface area contributed by atoms with Crippen LogP contribution in [0, 0.1) is 0 Å². The SMILES string of the molecule is COC(C)(O)CCc1ccccc1. The number of methoxy groups -OCH3 is 1. The van der Waals surface area contributed by atoms with E-state index in [2.05, 4.69) is 0 Å². The normalized spacial score (nSPS) is 15.3. The van der Waals surface area contributed by atoms with Crippen molar-refractivity contribution in [2.45, 2.75) is 25.6 Å². The first-order valence-corrected chi connectivity index (χ1v) is 4.45. The van der Waals surface area contributed by atoms with Crippen LogP contribution in [-0.4, -0.2) is 18.0 Å². The first-order chi connectivity index (χ1) is 6.14. The maximum atomic E-state index is 9.56. The summed E-state index contributed by atoms with van der Waals surface area (Å²) in [6.45, 7) is 1.68. The van der Waals surface area contributed by atoms with Gasteiger partial charge in [-0.2, -0.15) is 0 Å². The van der Waals surface area contributed by atoms with Crippen molar-refractivity contribution in [3.63, 3.8) is 0 Å². The standard InChI is InChI=1S/C11H16O2/c1-11(12,13-2)9-8-10-6-4-3-5-7-10/h3-7,12H,8-9H2,1-2H3. The minimum Gasteiger partial charge on any atom is -0.366 e. The van der Waals surface area contributed by atoms with Crippen molar-refractivity contribution >= 4 is 0 Å². The highest BCUT2D eigenvalue weighted by Crippen LogP contribution is 2.13. The van der Waals surface area contributed by atoms with E-state index in [9.17, 15) is 5.11 Å². The summed E-state index contributed by atoms with van der Waals surface area (Å²) in [6.07, 6.45) is 1.45. The van der Waals surface area contributed by atoms with Gasteiger partial charge in [-0.3, -0.25) is 0 Å². The maximum absolute atomic E-state index is 9.56. The van der Waals surface area contributed by atoms with Crippen molar-refractivity contribution in [1.82, 2.24) is 0 Å². The molecule has 0 amide bonds. The topological polar surface area (TPSA) is 29.5 Å². The van der Waals surface area contributed by atoms with E-state index < -0.39 is 5.79 Å². The first kappa shape index (κ1) is 10.2.